The Labute approximate surface area is 701 Å². The number of nitrogens with zero attached hydrogens (tertiary/aromatic N) is 6. The van der Waals surface area contributed by atoms with Gasteiger partial charge in [0.15, 0.2) is 11.1 Å². The third-order valence-electron chi connectivity index (χ3n) is 21.5. The molecule has 0 fully saturated rings. The monoisotopic (exact) mass is 1650 g/mol. The highest BCUT2D eigenvalue weighted by atomic mass is 32.1. The van der Waals surface area contributed by atoms with Crippen molar-refractivity contribution in [1.82, 2.24) is 9.13 Å². The maximum absolute atomic E-state index is 14.0. The van der Waals surface area contributed by atoms with Crippen molar-refractivity contribution in [2.75, 3.05) is 0 Å². The Balaban J connectivity index is 1.16. The Morgan fingerprint density at radius 1 is 0.288 bits per heavy atom. The van der Waals surface area contributed by atoms with Crippen molar-refractivity contribution < 1.29 is 0 Å². The van der Waals surface area contributed by atoms with Gasteiger partial charge in [-0.2, -0.15) is 21.0 Å². The Hall–Kier alpha value is -5.80. The molecule has 0 aliphatic heterocycles. The Kier molecular flexibility index (Phi) is 39.0. The van der Waals surface area contributed by atoms with Crippen molar-refractivity contribution in [3.63, 3.8) is 0 Å². The lowest BCUT2D eigenvalue weighted by Gasteiger charge is -2.04. The summed E-state index contributed by atoms with van der Waals surface area (Å²) in [5, 5.41) is 39.7. The van der Waals surface area contributed by atoms with Crippen LogP contribution in [0.3, 0.4) is 0 Å². The van der Waals surface area contributed by atoms with Gasteiger partial charge in [-0.15, -0.1) is 102 Å². The molecule has 0 spiro atoms. The number of rotatable bonds is 52. The molecule has 9 aromatic heterocycles. The Morgan fingerprint density at radius 3 is 0.757 bits per heavy atom. The predicted octanol–water partition coefficient (Wildman–Crippen LogP) is 28.1. The van der Waals surface area contributed by atoms with E-state index in [2.05, 4.69) is 114 Å². The summed E-state index contributed by atoms with van der Waals surface area (Å²) in [6, 6.07) is 28.1. The number of hydrogen-bond acceptors (Lipinski definition) is 15. The minimum absolute atomic E-state index is 0.0197. The molecular weight excluding hydrogens is 1530 g/mol. The van der Waals surface area contributed by atoms with Gasteiger partial charge < -0.3 is 0 Å². The maximum atomic E-state index is 14.0. The van der Waals surface area contributed by atoms with E-state index in [4.69, 9.17) is 0 Å². The second-order valence-electron chi connectivity index (χ2n) is 30.3. The van der Waals surface area contributed by atoms with Crippen molar-refractivity contribution in [3.8, 4) is 82.8 Å². The van der Waals surface area contributed by atoms with Crippen LogP contribution in [0, 0.1) is 45.3 Å². The van der Waals surface area contributed by atoms with E-state index < -0.39 is 0 Å². The van der Waals surface area contributed by atoms with Gasteiger partial charge in [0.05, 0.1) is 9.06 Å². The summed E-state index contributed by atoms with van der Waals surface area (Å²) in [5.41, 5.74) is 8.24. The zero-order chi connectivity index (χ0) is 78.7. The van der Waals surface area contributed by atoms with Crippen molar-refractivity contribution in [2.24, 2.45) is 0 Å². The van der Waals surface area contributed by atoms with E-state index in [9.17, 15) is 30.6 Å². The molecule has 0 saturated heterocycles. The number of aryl methyl sites for hydroxylation is 6. The lowest BCUT2D eigenvalue weighted by Crippen LogP contribution is -2.31. The van der Waals surface area contributed by atoms with Crippen LogP contribution in [0.15, 0.2) is 58.1 Å². The molecule has 0 atom stereocenters. The molecule has 9 heterocycles. The number of thiophene rings is 7. The predicted molar refractivity (Wildman–Crippen MR) is 490 cm³/mol. The lowest BCUT2D eigenvalue weighted by molar-refractivity contribution is 0.608. The Morgan fingerprint density at radius 2 is 0.514 bits per heavy atom. The zero-order valence-electron chi connectivity index (χ0n) is 68.1. The molecule has 594 valence electrons. The molecule has 9 aromatic rings. The Bertz CT molecular complexity index is 4610. The lowest BCUT2D eigenvalue weighted by atomic mass is 10.0. The second kappa shape index (κ2) is 48.5. The molecule has 0 N–H and O–H groups in total. The highest BCUT2D eigenvalue weighted by Crippen LogP contribution is 2.53. The van der Waals surface area contributed by atoms with Crippen LogP contribution >= 0.6 is 102 Å². The van der Waals surface area contributed by atoms with Gasteiger partial charge in [-0.25, -0.2) is 0 Å². The molecule has 0 aliphatic rings. The minimum Gasteiger partial charge on any atom is -0.298 e. The summed E-state index contributed by atoms with van der Waals surface area (Å²) in [6.07, 6.45) is 54.8. The largest absolute Gasteiger partial charge is 0.298 e. The summed E-state index contributed by atoms with van der Waals surface area (Å²) in [6.45, 7) is 18.4. The fraction of sp³-hybridized carbons (Fsp3) is 0.553. The number of unbranched alkanes of at least 4 members (excludes halogenated alkanes) is 30. The molecule has 0 aliphatic carbocycles. The molecule has 111 heavy (non-hydrogen) atoms. The number of hydrogen-bond donors (Lipinski definition) is 0. The molecule has 0 radical (unpaired) electrons. The molecule has 8 nitrogen and oxygen atoms in total. The third kappa shape index (κ3) is 25.4. The molecule has 0 unspecified atom stereocenters. The van der Waals surface area contributed by atoms with Gasteiger partial charge in [0.2, 0.25) is 0 Å². The standard InChI is InChI=1S/C94H122N6O2S9/c1-9-17-23-29-35-41-47-67-55-75(61-83-91(101)99(15-7)93(110-83)73(63-95)64-96)103-87(67)79-59-71(51-45-39-33-27-21-13-5)89(108-79)81-57-69(49-43-37-31-25-19-11-3)85(106-81)77-53-54-78(105-77)86-70(50-44-38-32-26-20-12-4)58-82(107-86)90-72(52-46-40-34-28-22-14-6)60-80(109-90)88-68(48-42-36-30-24-18-10-2)56-76(104-88)62-84-92(102)100(16-8)94(111-84)74(65-97)66-98/h53-62H,9-52H2,1-8H3/b83-61-,84-62+. The van der Waals surface area contributed by atoms with Gasteiger partial charge >= 0.3 is 0 Å². The quantitative estimate of drug-likeness (QED) is 0.0348. The van der Waals surface area contributed by atoms with E-state index in [1.807, 2.05) is 82.7 Å². The highest BCUT2D eigenvalue weighted by Gasteiger charge is 2.26. The first kappa shape index (κ1) is 89.1. The van der Waals surface area contributed by atoms with Crippen molar-refractivity contribution in [2.45, 2.75) is 338 Å². The number of nitriles is 4. The van der Waals surface area contributed by atoms with Gasteiger partial charge in [0, 0.05) is 81.4 Å². The van der Waals surface area contributed by atoms with Gasteiger partial charge in [-0.05, 0) is 185 Å². The minimum atomic E-state index is -0.147. The summed E-state index contributed by atoms with van der Waals surface area (Å²) in [4.78, 5) is 46.6. The summed E-state index contributed by atoms with van der Waals surface area (Å²) in [7, 11) is 0. The van der Waals surface area contributed by atoms with Crippen LogP contribution in [0.25, 0.3) is 81.8 Å². The average Bonchev–Trinajstić information content (AvgIpc) is 1.63. The van der Waals surface area contributed by atoms with Crippen molar-refractivity contribution in [1.29, 1.82) is 21.0 Å². The molecule has 9 rings (SSSR count). The molecule has 0 bridgehead atoms. The highest BCUT2D eigenvalue weighted by molar-refractivity contribution is 7.31. The smallest absolute Gasteiger partial charge is 0.269 e. The first-order valence-electron chi connectivity index (χ1n) is 42.8. The average molecular weight is 1660 g/mol. The third-order valence-corrected chi connectivity index (χ3v) is 32.9. The van der Waals surface area contributed by atoms with Crippen molar-refractivity contribution >= 4 is 125 Å². The van der Waals surface area contributed by atoms with Crippen LogP contribution in [-0.2, 0) is 51.6 Å². The first-order chi connectivity index (χ1) is 54.4. The number of thiazole rings is 2. The van der Waals surface area contributed by atoms with Crippen LogP contribution in [0.1, 0.15) is 330 Å². The zero-order valence-corrected chi connectivity index (χ0v) is 75.4. The van der Waals surface area contributed by atoms with Crippen LogP contribution < -0.4 is 29.5 Å². The molecule has 0 saturated carbocycles. The summed E-state index contributed by atoms with van der Waals surface area (Å²) in [5.74, 6) is 0. The summed E-state index contributed by atoms with van der Waals surface area (Å²) < 4.78 is 5.14. The van der Waals surface area contributed by atoms with E-state index in [1.54, 1.807) is 31.8 Å². The fourth-order valence-electron chi connectivity index (χ4n) is 15.2. The van der Waals surface area contributed by atoms with Gasteiger partial charge in [0.25, 0.3) is 11.1 Å². The van der Waals surface area contributed by atoms with Gasteiger partial charge in [-0.1, -0.05) is 234 Å². The second-order valence-corrected chi connectivity index (χ2v) is 39.8. The SMILES string of the molecule is CCCCCCCCc1cc(/C=c2\sc(=C(C#N)C#N)n(CC)c2=O)sc1-c1cc(CCCCCCCC)c(-c2cc(CCCCCCCC)c(-c3ccc(-c4sc(-c5sc(-c6sc(/C=c7/sc(=C(C#N)C#N)n(CC)c7=O)cc6CCCCCCCC)cc5CCCCCCCC)cc4CCCCCCCC)s3)s2)s1. The van der Waals surface area contributed by atoms with E-state index in [1.165, 1.54) is 320 Å². The van der Waals surface area contributed by atoms with E-state index in [0.29, 0.717) is 31.5 Å². The van der Waals surface area contributed by atoms with Gasteiger partial charge in [-0.3, -0.25) is 18.7 Å². The number of aromatic nitrogens is 2. The van der Waals surface area contributed by atoms with Crippen LogP contribution in [-0.4, -0.2) is 9.13 Å². The topological polar surface area (TPSA) is 139 Å². The van der Waals surface area contributed by atoms with E-state index >= 15 is 0 Å². The molecule has 0 aromatic carbocycles. The van der Waals surface area contributed by atoms with Crippen LogP contribution in [0.2, 0.25) is 0 Å². The summed E-state index contributed by atoms with van der Waals surface area (Å²) >= 11 is 16.1. The fourth-order valence-corrected chi connectivity index (χ4v) is 26.6. The van der Waals surface area contributed by atoms with Crippen LogP contribution in [0.4, 0.5) is 0 Å². The molecular formula is C94H122N6O2S9. The van der Waals surface area contributed by atoms with E-state index in [-0.39, 0.29) is 22.3 Å². The first-order valence-corrected chi connectivity index (χ1v) is 50.2. The molecule has 0 amide bonds. The normalized spacial score (nSPS) is 11.9. The maximum Gasteiger partial charge on any atom is 0.269 e. The van der Waals surface area contributed by atoms with Crippen molar-refractivity contribution in [3.05, 3.63) is 131 Å². The molecule has 17 heteroatoms. The van der Waals surface area contributed by atoms with Crippen LogP contribution in [0.5, 0.6) is 0 Å². The van der Waals surface area contributed by atoms with E-state index in [0.717, 1.165) is 74.0 Å². The van der Waals surface area contributed by atoms with Gasteiger partial charge in [0.1, 0.15) is 33.6 Å².